The number of nitrogens with zero attached hydrogens (tertiary/aromatic N) is 1. The molecule has 0 aliphatic carbocycles. The van der Waals surface area contributed by atoms with Gasteiger partial charge >= 0.3 is 11.9 Å². The predicted molar refractivity (Wildman–Crippen MR) is 60.1 cm³/mol. The van der Waals surface area contributed by atoms with Crippen molar-refractivity contribution in [3.8, 4) is 0 Å². The van der Waals surface area contributed by atoms with E-state index in [1.807, 2.05) is 0 Å². The fourth-order valence-electron chi connectivity index (χ4n) is 1.22. The Balaban J connectivity index is 2.75. The van der Waals surface area contributed by atoms with Crippen LogP contribution in [0.15, 0.2) is 18.3 Å². The fourth-order valence-corrected chi connectivity index (χ4v) is 1.22. The van der Waals surface area contributed by atoms with Crippen LogP contribution in [0.4, 0.5) is 0 Å². The number of hydrogen-bond donors (Lipinski definition) is 3. The number of aromatic nitrogens is 1. The predicted octanol–water partition coefficient (Wildman–Crippen LogP) is 0.0477. The van der Waals surface area contributed by atoms with Crippen molar-refractivity contribution in [3.05, 3.63) is 29.6 Å². The Morgan fingerprint density at radius 1 is 1.33 bits per heavy atom. The molecule has 1 atom stereocenters. The first-order valence-corrected chi connectivity index (χ1v) is 5.08. The molecule has 1 aromatic heterocycles. The van der Waals surface area contributed by atoms with Crippen molar-refractivity contribution in [2.75, 3.05) is 0 Å². The van der Waals surface area contributed by atoms with Crippen LogP contribution in [-0.2, 0) is 9.59 Å². The third kappa shape index (κ3) is 3.85. The Kier molecular flexibility index (Phi) is 4.36. The summed E-state index contributed by atoms with van der Waals surface area (Å²) in [6.07, 6.45) is 0.616. The highest BCUT2D eigenvalue weighted by molar-refractivity contribution is 5.97. The molecule has 0 fully saturated rings. The lowest BCUT2D eigenvalue weighted by atomic mass is 10.2. The summed E-state index contributed by atoms with van der Waals surface area (Å²) in [4.78, 5) is 36.7. The van der Waals surface area contributed by atoms with E-state index in [0.717, 1.165) is 0 Å². The topological polar surface area (TPSA) is 117 Å². The molecule has 0 radical (unpaired) electrons. The second kappa shape index (κ2) is 5.76. The SMILES string of the molecule is Cc1ccc(C(=O)N[C@H](CC(=O)O)C(=O)O)cn1. The van der Waals surface area contributed by atoms with Gasteiger partial charge in [-0.15, -0.1) is 0 Å². The molecule has 7 nitrogen and oxygen atoms in total. The molecule has 0 saturated heterocycles. The summed E-state index contributed by atoms with van der Waals surface area (Å²) in [6, 6.07) is 1.62. The number of carboxylic acid groups (broad SMARTS) is 2. The van der Waals surface area contributed by atoms with E-state index in [2.05, 4.69) is 10.3 Å². The van der Waals surface area contributed by atoms with E-state index >= 15 is 0 Å². The van der Waals surface area contributed by atoms with Crippen molar-refractivity contribution in [2.24, 2.45) is 0 Å². The van der Waals surface area contributed by atoms with Crippen molar-refractivity contribution < 1.29 is 24.6 Å². The largest absolute Gasteiger partial charge is 0.481 e. The molecule has 0 saturated carbocycles. The lowest BCUT2D eigenvalue weighted by Crippen LogP contribution is -2.42. The first-order valence-electron chi connectivity index (χ1n) is 5.08. The summed E-state index contributed by atoms with van der Waals surface area (Å²) in [5.74, 6) is -3.37. The van der Waals surface area contributed by atoms with Crippen LogP contribution in [0, 0.1) is 6.92 Å². The van der Waals surface area contributed by atoms with E-state index in [-0.39, 0.29) is 5.56 Å². The number of carbonyl (C=O) groups excluding carboxylic acids is 1. The van der Waals surface area contributed by atoms with Gasteiger partial charge in [-0.3, -0.25) is 14.6 Å². The van der Waals surface area contributed by atoms with Crippen molar-refractivity contribution in [2.45, 2.75) is 19.4 Å². The summed E-state index contributed by atoms with van der Waals surface area (Å²) in [7, 11) is 0. The maximum atomic E-state index is 11.6. The zero-order valence-electron chi connectivity index (χ0n) is 9.58. The van der Waals surface area contributed by atoms with Crippen molar-refractivity contribution in [3.63, 3.8) is 0 Å². The summed E-state index contributed by atoms with van der Waals surface area (Å²) >= 11 is 0. The molecule has 3 N–H and O–H groups in total. The third-order valence-corrected chi connectivity index (χ3v) is 2.16. The minimum absolute atomic E-state index is 0.178. The third-order valence-electron chi connectivity index (χ3n) is 2.16. The zero-order valence-corrected chi connectivity index (χ0v) is 9.58. The Morgan fingerprint density at radius 3 is 2.44 bits per heavy atom. The Bertz CT molecular complexity index is 469. The lowest BCUT2D eigenvalue weighted by molar-refractivity contribution is -0.145. The zero-order chi connectivity index (χ0) is 13.7. The Hall–Kier alpha value is -2.44. The van der Waals surface area contributed by atoms with Crippen LogP contribution in [0.5, 0.6) is 0 Å². The molecule has 18 heavy (non-hydrogen) atoms. The van der Waals surface area contributed by atoms with Gasteiger partial charge in [-0.05, 0) is 19.1 Å². The summed E-state index contributed by atoms with van der Waals surface area (Å²) in [6.45, 7) is 1.74. The molecule has 1 heterocycles. The molecule has 0 unspecified atom stereocenters. The van der Waals surface area contributed by atoms with Crippen LogP contribution in [0.25, 0.3) is 0 Å². The van der Waals surface area contributed by atoms with Crippen molar-refractivity contribution >= 4 is 17.8 Å². The van der Waals surface area contributed by atoms with Gasteiger partial charge in [0, 0.05) is 11.9 Å². The van der Waals surface area contributed by atoms with Gasteiger partial charge in [0.15, 0.2) is 0 Å². The molecule has 1 amide bonds. The quantitative estimate of drug-likeness (QED) is 0.681. The number of aliphatic carboxylic acids is 2. The summed E-state index contributed by atoms with van der Waals surface area (Å²) in [5, 5.41) is 19.4. The van der Waals surface area contributed by atoms with E-state index in [1.165, 1.54) is 12.3 Å². The van der Waals surface area contributed by atoms with Crippen LogP contribution in [0.1, 0.15) is 22.5 Å². The molecular weight excluding hydrogens is 240 g/mol. The summed E-state index contributed by atoms with van der Waals surface area (Å²) < 4.78 is 0. The van der Waals surface area contributed by atoms with Gasteiger partial charge in [0.1, 0.15) is 6.04 Å². The smallest absolute Gasteiger partial charge is 0.326 e. The number of amides is 1. The number of rotatable bonds is 5. The number of hydrogen-bond acceptors (Lipinski definition) is 4. The van der Waals surface area contributed by atoms with Crippen LogP contribution >= 0.6 is 0 Å². The summed E-state index contributed by atoms with van der Waals surface area (Å²) in [5.41, 5.74) is 0.893. The van der Waals surface area contributed by atoms with Gasteiger partial charge in [-0.2, -0.15) is 0 Å². The average molecular weight is 252 g/mol. The maximum absolute atomic E-state index is 11.6. The van der Waals surface area contributed by atoms with E-state index in [4.69, 9.17) is 10.2 Å². The first kappa shape index (κ1) is 13.6. The molecule has 7 heteroatoms. The second-order valence-electron chi connectivity index (χ2n) is 3.65. The number of carboxylic acids is 2. The molecule has 1 rings (SSSR count). The number of aryl methyl sites for hydroxylation is 1. The molecule has 0 aliphatic heterocycles. The van der Waals surface area contributed by atoms with E-state index in [9.17, 15) is 14.4 Å². The van der Waals surface area contributed by atoms with Gasteiger partial charge in [0.2, 0.25) is 0 Å². The Labute approximate surface area is 102 Å². The monoisotopic (exact) mass is 252 g/mol. The first-order chi connectivity index (χ1) is 8.40. The normalized spacial score (nSPS) is 11.6. The molecule has 1 aromatic rings. The highest BCUT2D eigenvalue weighted by Crippen LogP contribution is 2.01. The number of pyridine rings is 1. The van der Waals surface area contributed by atoms with Crippen molar-refractivity contribution in [1.29, 1.82) is 0 Å². The van der Waals surface area contributed by atoms with Crippen LogP contribution in [-0.4, -0.2) is 39.1 Å². The number of carbonyl (C=O) groups is 3. The molecule has 96 valence electrons. The van der Waals surface area contributed by atoms with E-state index < -0.39 is 30.3 Å². The molecule has 0 spiro atoms. The standard InChI is InChI=1S/C11H12N2O5/c1-6-2-3-7(5-12-6)10(16)13-8(11(17)18)4-9(14)15/h2-3,5,8H,4H2,1H3,(H,13,16)(H,14,15)(H,17,18)/t8-/m1/s1. The van der Waals surface area contributed by atoms with E-state index in [1.54, 1.807) is 13.0 Å². The van der Waals surface area contributed by atoms with Gasteiger partial charge in [-0.1, -0.05) is 0 Å². The minimum atomic E-state index is -1.46. The van der Waals surface area contributed by atoms with Crippen molar-refractivity contribution in [1.82, 2.24) is 10.3 Å². The van der Waals surface area contributed by atoms with Crippen LogP contribution in [0.3, 0.4) is 0 Å². The minimum Gasteiger partial charge on any atom is -0.481 e. The molecule has 0 bridgehead atoms. The van der Waals surface area contributed by atoms with Crippen LogP contribution in [0.2, 0.25) is 0 Å². The molecular formula is C11H12N2O5. The van der Waals surface area contributed by atoms with Gasteiger partial charge in [0.25, 0.3) is 5.91 Å². The fraction of sp³-hybridized carbons (Fsp3) is 0.273. The second-order valence-corrected chi connectivity index (χ2v) is 3.65. The lowest BCUT2D eigenvalue weighted by Gasteiger charge is -2.12. The molecule has 0 aliphatic rings. The van der Waals surface area contributed by atoms with Gasteiger partial charge in [0.05, 0.1) is 12.0 Å². The Morgan fingerprint density at radius 2 is 2.00 bits per heavy atom. The highest BCUT2D eigenvalue weighted by atomic mass is 16.4. The maximum Gasteiger partial charge on any atom is 0.326 e. The highest BCUT2D eigenvalue weighted by Gasteiger charge is 2.23. The van der Waals surface area contributed by atoms with E-state index in [0.29, 0.717) is 5.69 Å². The number of nitrogens with one attached hydrogen (secondary N) is 1. The average Bonchev–Trinajstić information content (AvgIpc) is 2.28. The van der Waals surface area contributed by atoms with Gasteiger partial charge < -0.3 is 15.5 Å². The molecule has 0 aromatic carbocycles. The van der Waals surface area contributed by atoms with Crippen LogP contribution < -0.4 is 5.32 Å². The van der Waals surface area contributed by atoms with Gasteiger partial charge in [-0.25, -0.2) is 4.79 Å².